The Kier molecular flexibility index (Phi) is 2.74. The molecule has 1 amide bonds. The van der Waals surface area contributed by atoms with Crippen LogP contribution in [0.4, 0.5) is 5.95 Å². The Labute approximate surface area is 112 Å². The summed E-state index contributed by atoms with van der Waals surface area (Å²) in [6, 6.07) is 6.02. The predicted octanol–water partition coefficient (Wildman–Crippen LogP) is 1.66. The van der Waals surface area contributed by atoms with Crippen molar-refractivity contribution in [2.45, 2.75) is 25.4 Å². The van der Waals surface area contributed by atoms with Crippen molar-refractivity contribution in [1.82, 2.24) is 14.9 Å². The number of imidazole rings is 1. The second-order valence-corrected chi connectivity index (χ2v) is 5.43. The number of amides is 1. The molecule has 1 aliphatic rings. The van der Waals surface area contributed by atoms with Gasteiger partial charge in [0.1, 0.15) is 0 Å². The first-order chi connectivity index (χ1) is 8.63. The molecule has 1 aromatic heterocycles. The predicted molar refractivity (Wildman–Crippen MR) is 73.0 cm³/mol. The monoisotopic (exact) mass is 308 g/mol. The molecule has 1 aromatic carbocycles. The Balaban J connectivity index is 1.97. The first kappa shape index (κ1) is 11.5. The van der Waals surface area contributed by atoms with E-state index in [0.717, 1.165) is 21.9 Å². The first-order valence-electron chi connectivity index (χ1n) is 5.84. The van der Waals surface area contributed by atoms with Crippen molar-refractivity contribution < 1.29 is 4.79 Å². The maximum absolute atomic E-state index is 11.2. The van der Waals surface area contributed by atoms with Crippen LogP contribution in [0, 0.1) is 0 Å². The van der Waals surface area contributed by atoms with Gasteiger partial charge in [-0.3, -0.25) is 4.79 Å². The van der Waals surface area contributed by atoms with E-state index in [0.29, 0.717) is 18.9 Å². The molecule has 2 heterocycles. The number of hydrogen-bond acceptors (Lipinski definition) is 3. The number of anilines is 1. The zero-order valence-electron chi connectivity index (χ0n) is 9.69. The highest BCUT2D eigenvalue weighted by molar-refractivity contribution is 9.10. The smallest absolute Gasteiger partial charge is 0.220 e. The van der Waals surface area contributed by atoms with E-state index in [1.165, 1.54) is 0 Å². The van der Waals surface area contributed by atoms with Gasteiger partial charge in [0.2, 0.25) is 11.9 Å². The maximum Gasteiger partial charge on any atom is 0.220 e. The third-order valence-electron chi connectivity index (χ3n) is 3.23. The number of rotatable bonds is 2. The lowest BCUT2D eigenvalue weighted by Gasteiger charge is -2.12. The number of carbonyl (C=O) groups is 1. The molecule has 0 saturated carbocycles. The third-order valence-corrected chi connectivity index (χ3v) is 3.72. The highest BCUT2D eigenvalue weighted by Gasteiger charge is 2.22. The Bertz CT molecular complexity index is 622. The van der Waals surface area contributed by atoms with E-state index in [4.69, 9.17) is 5.73 Å². The second kappa shape index (κ2) is 4.28. The van der Waals surface area contributed by atoms with Crippen LogP contribution in [0.3, 0.4) is 0 Å². The number of halogens is 1. The zero-order valence-corrected chi connectivity index (χ0v) is 11.3. The molecule has 5 nitrogen and oxygen atoms in total. The second-order valence-electron chi connectivity index (χ2n) is 4.52. The van der Waals surface area contributed by atoms with Gasteiger partial charge < -0.3 is 15.6 Å². The summed E-state index contributed by atoms with van der Waals surface area (Å²) in [4.78, 5) is 15.5. The van der Waals surface area contributed by atoms with Crippen LogP contribution in [0.1, 0.15) is 12.8 Å². The third kappa shape index (κ3) is 1.96. The van der Waals surface area contributed by atoms with Crippen LogP contribution >= 0.6 is 15.9 Å². The van der Waals surface area contributed by atoms with Gasteiger partial charge >= 0.3 is 0 Å². The number of fused-ring (bicyclic) bond motifs is 1. The van der Waals surface area contributed by atoms with Crippen LogP contribution in [-0.2, 0) is 11.3 Å². The number of benzene rings is 1. The van der Waals surface area contributed by atoms with E-state index in [2.05, 4.69) is 26.2 Å². The normalized spacial score (nSPS) is 19.4. The molecular formula is C12H13BrN4O. The van der Waals surface area contributed by atoms with Crippen LogP contribution in [0.15, 0.2) is 22.7 Å². The van der Waals surface area contributed by atoms with E-state index in [-0.39, 0.29) is 11.9 Å². The molecule has 0 spiro atoms. The van der Waals surface area contributed by atoms with Crippen molar-refractivity contribution in [1.29, 1.82) is 0 Å². The largest absolute Gasteiger partial charge is 0.369 e. The quantitative estimate of drug-likeness (QED) is 0.886. The lowest BCUT2D eigenvalue weighted by atomic mass is 10.2. The van der Waals surface area contributed by atoms with E-state index in [9.17, 15) is 4.79 Å². The Morgan fingerprint density at radius 3 is 3.11 bits per heavy atom. The van der Waals surface area contributed by atoms with Crippen LogP contribution in [0.25, 0.3) is 11.0 Å². The summed E-state index contributed by atoms with van der Waals surface area (Å²) in [7, 11) is 0. The maximum atomic E-state index is 11.2. The molecule has 2 aromatic rings. The Morgan fingerprint density at radius 1 is 1.56 bits per heavy atom. The zero-order chi connectivity index (χ0) is 12.7. The molecule has 3 rings (SSSR count). The first-order valence-corrected chi connectivity index (χ1v) is 6.63. The summed E-state index contributed by atoms with van der Waals surface area (Å²) < 4.78 is 2.95. The average Bonchev–Trinajstić information content (AvgIpc) is 2.86. The van der Waals surface area contributed by atoms with Gasteiger partial charge in [-0.05, 0) is 24.6 Å². The number of aromatic nitrogens is 2. The van der Waals surface area contributed by atoms with Crippen LogP contribution in [-0.4, -0.2) is 21.5 Å². The molecular weight excluding hydrogens is 296 g/mol. The van der Waals surface area contributed by atoms with Crippen molar-refractivity contribution in [3.8, 4) is 0 Å². The minimum Gasteiger partial charge on any atom is -0.369 e. The number of nitrogens with two attached hydrogens (primary N) is 1. The molecule has 0 bridgehead atoms. The molecule has 1 atom stereocenters. The fraction of sp³-hybridized carbons (Fsp3) is 0.333. The topological polar surface area (TPSA) is 72.9 Å². The van der Waals surface area contributed by atoms with Gasteiger partial charge in [0.05, 0.1) is 11.0 Å². The summed E-state index contributed by atoms with van der Waals surface area (Å²) in [5.74, 6) is 0.605. The van der Waals surface area contributed by atoms with Gasteiger partial charge in [0, 0.05) is 23.5 Å². The molecule has 0 aliphatic carbocycles. The number of nitrogens with zero attached hydrogens (tertiary/aromatic N) is 2. The van der Waals surface area contributed by atoms with E-state index in [1.54, 1.807) is 0 Å². The SMILES string of the molecule is Nc1nc2ccc(Br)cc2n1CC1CCC(=O)N1. The molecule has 1 aliphatic heterocycles. The fourth-order valence-electron chi connectivity index (χ4n) is 2.34. The van der Waals surface area contributed by atoms with Crippen molar-refractivity contribution >= 4 is 38.8 Å². The number of nitrogens with one attached hydrogen (secondary N) is 1. The van der Waals surface area contributed by atoms with Crippen molar-refractivity contribution in [2.75, 3.05) is 5.73 Å². The Hall–Kier alpha value is -1.56. The van der Waals surface area contributed by atoms with Crippen LogP contribution in [0.2, 0.25) is 0 Å². The van der Waals surface area contributed by atoms with E-state index < -0.39 is 0 Å². The molecule has 1 unspecified atom stereocenters. The van der Waals surface area contributed by atoms with Gasteiger partial charge in [-0.15, -0.1) is 0 Å². The lowest BCUT2D eigenvalue weighted by molar-refractivity contribution is -0.119. The molecule has 18 heavy (non-hydrogen) atoms. The van der Waals surface area contributed by atoms with E-state index >= 15 is 0 Å². The lowest BCUT2D eigenvalue weighted by Crippen LogP contribution is -2.29. The van der Waals surface area contributed by atoms with Gasteiger partial charge in [0.15, 0.2) is 0 Å². The van der Waals surface area contributed by atoms with Gasteiger partial charge in [-0.2, -0.15) is 0 Å². The van der Waals surface area contributed by atoms with Gasteiger partial charge in [-0.1, -0.05) is 15.9 Å². The Morgan fingerprint density at radius 2 is 2.39 bits per heavy atom. The number of carbonyl (C=O) groups excluding carboxylic acids is 1. The molecule has 3 N–H and O–H groups in total. The number of hydrogen-bond donors (Lipinski definition) is 2. The minimum absolute atomic E-state index is 0.115. The minimum atomic E-state index is 0.115. The molecule has 1 fully saturated rings. The highest BCUT2D eigenvalue weighted by Crippen LogP contribution is 2.23. The van der Waals surface area contributed by atoms with Crippen LogP contribution < -0.4 is 11.1 Å². The van der Waals surface area contributed by atoms with Gasteiger partial charge in [-0.25, -0.2) is 4.98 Å². The standard InChI is InChI=1S/C12H13BrN4O/c13-7-1-3-9-10(5-7)17(12(14)16-9)6-8-2-4-11(18)15-8/h1,3,5,8H,2,4,6H2,(H2,14,16)(H,15,18). The molecule has 94 valence electrons. The summed E-state index contributed by atoms with van der Waals surface area (Å²) >= 11 is 3.45. The average molecular weight is 309 g/mol. The summed E-state index contributed by atoms with van der Waals surface area (Å²) in [6.07, 6.45) is 1.45. The highest BCUT2D eigenvalue weighted by atomic mass is 79.9. The molecule has 1 saturated heterocycles. The van der Waals surface area contributed by atoms with Crippen molar-refractivity contribution in [2.24, 2.45) is 0 Å². The fourth-order valence-corrected chi connectivity index (χ4v) is 2.69. The molecule has 0 radical (unpaired) electrons. The molecule has 6 heteroatoms. The van der Waals surface area contributed by atoms with Crippen LogP contribution in [0.5, 0.6) is 0 Å². The summed E-state index contributed by atoms with van der Waals surface area (Å²) in [5.41, 5.74) is 7.80. The van der Waals surface area contributed by atoms with Gasteiger partial charge in [0.25, 0.3) is 0 Å². The summed E-state index contributed by atoms with van der Waals surface area (Å²) in [5, 5.41) is 2.94. The van der Waals surface area contributed by atoms with Crippen molar-refractivity contribution in [3.63, 3.8) is 0 Å². The summed E-state index contributed by atoms with van der Waals surface area (Å²) in [6.45, 7) is 0.671. The van der Waals surface area contributed by atoms with E-state index in [1.807, 2.05) is 22.8 Å². The number of nitrogen functional groups attached to an aromatic ring is 1. The van der Waals surface area contributed by atoms with Crippen molar-refractivity contribution in [3.05, 3.63) is 22.7 Å².